The fraction of sp³-hybridized carbons (Fsp3) is 0.800. The number of nitrogens with two attached hydrogens (primary N) is 1. The lowest BCUT2D eigenvalue weighted by Gasteiger charge is -2.16. The third-order valence-electron chi connectivity index (χ3n) is 1.99. The molecule has 0 aliphatic carbocycles. The van der Waals surface area contributed by atoms with E-state index in [2.05, 4.69) is 10.2 Å². The van der Waals surface area contributed by atoms with E-state index in [0.29, 0.717) is 19.0 Å². The number of hydrogen-bond donors (Lipinski definition) is 3. The number of carbonyl (C=O) groups excluding carboxylic acids is 2. The van der Waals surface area contributed by atoms with Gasteiger partial charge in [-0.25, -0.2) is 5.84 Å². The molecule has 1 amide bonds. The zero-order chi connectivity index (χ0) is 13.3. The molecule has 0 unspecified atom stereocenters. The highest BCUT2D eigenvalue weighted by Crippen LogP contribution is 1.91. The van der Waals surface area contributed by atoms with Crippen molar-refractivity contribution in [3.63, 3.8) is 0 Å². The zero-order valence-corrected chi connectivity index (χ0v) is 10.7. The average Bonchev–Trinajstić information content (AvgIpc) is 2.24. The second-order valence-electron chi connectivity index (χ2n) is 4.28. The van der Waals surface area contributed by atoms with Crippen LogP contribution in [0.15, 0.2) is 0 Å². The van der Waals surface area contributed by atoms with Gasteiger partial charge in [0, 0.05) is 13.1 Å². The number of amides is 1. The predicted octanol–water partition coefficient (Wildman–Crippen LogP) is -0.998. The van der Waals surface area contributed by atoms with Crippen LogP contribution in [0.3, 0.4) is 0 Å². The van der Waals surface area contributed by atoms with Crippen molar-refractivity contribution in [2.24, 2.45) is 11.8 Å². The number of rotatable bonds is 8. The third kappa shape index (κ3) is 9.73. The van der Waals surface area contributed by atoms with Crippen molar-refractivity contribution in [3.8, 4) is 0 Å². The van der Waals surface area contributed by atoms with Crippen molar-refractivity contribution in [3.05, 3.63) is 0 Å². The summed E-state index contributed by atoms with van der Waals surface area (Å²) in [7, 11) is 1.76. The van der Waals surface area contributed by atoms with Gasteiger partial charge < -0.3 is 10.2 Å². The van der Waals surface area contributed by atoms with Crippen LogP contribution in [0.4, 0.5) is 0 Å². The molecule has 0 atom stereocenters. The van der Waals surface area contributed by atoms with Crippen molar-refractivity contribution in [1.29, 1.82) is 0 Å². The Hall–Kier alpha value is -1.18. The summed E-state index contributed by atoms with van der Waals surface area (Å²) in [6.45, 7) is 5.41. The van der Waals surface area contributed by atoms with Gasteiger partial charge >= 0.3 is 5.97 Å². The second-order valence-corrected chi connectivity index (χ2v) is 4.28. The number of nitrogens with one attached hydrogen (secondary N) is 2. The first-order chi connectivity index (χ1) is 7.95. The molecule has 0 fully saturated rings. The van der Waals surface area contributed by atoms with Gasteiger partial charge in [0.05, 0.1) is 13.0 Å². The van der Waals surface area contributed by atoms with Gasteiger partial charge in [-0.15, -0.1) is 0 Å². The summed E-state index contributed by atoms with van der Waals surface area (Å²) < 4.78 is 0. The molecule has 0 spiro atoms. The Morgan fingerprint density at radius 3 is 2.59 bits per heavy atom. The van der Waals surface area contributed by atoms with Crippen molar-refractivity contribution in [2.75, 3.05) is 26.7 Å². The highest BCUT2D eigenvalue weighted by atomic mass is 16.7. The highest BCUT2D eigenvalue weighted by molar-refractivity contribution is 5.78. The third-order valence-corrected chi connectivity index (χ3v) is 1.99. The first-order valence-electron chi connectivity index (χ1n) is 5.56. The van der Waals surface area contributed by atoms with Crippen LogP contribution in [0.2, 0.25) is 0 Å². The molecule has 4 N–H and O–H groups in total. The Kier molecular flexibility index (Phi) is 8.29. The molecule has 0 aliphatic heterocycles. The molecule has 0 bridgehead atoms. The second kappa shape index (κ2) is 8.91. The lowest BCUT2D eigenvalue weighted by Crippen LogP contribution is -2.38. The van der Waals surface area contributed by atoms with E-state index >= 15 is 0 Å². The van der Waals surface area contributed by atoms with Gasteiger partial charge in [-0.2, -0.15) is 0 Å². The minimum absolute atomic E-state index is 0.0495. The molecule has 0 heterocycles. The monoisotopic (exact) mass is 246 g/mol. The number of nitrogens with zero attached hydrogens (tertiary/aromatic N) is 1. The van der Waals surface area contributed by atoms with E-state index in [9.17, 15) is 9.59 Å². The predicted molar refractivity (Wildman–Crippen MR) is 63.4 cm³/mol. The van der Waals surface area contributed by atoms with E-state index in [-0.39, 0.29) is 18.9 Å². The van der Waals surface area contributed by atoms with Crippen LogP contribution in [0.5, 0.6) is 0 Å². The first-order valence-corrected chi connectivity index (χ1v) is 5.56. The van der Waals surface area contributed by atoms with Crippen LogP contribution in [0.1, 0.15) is 20.3 Å². The number of carbonyl (C=O) groups is 2. The van der Waals surface area contributed by atoms with Crippen LogP contribution in [0, 0.1) is 5.92 Å². The summed E-state index contributed by atoms with van der Waals surface area (Å²) in [5, 5.41) is 2.80. The molecule has 0 saturated carbocycles. The molecule has 7 nitrogen and oxygen atoms in total. The summed E-state index contributed by atoms with van der Waals surface area (Å²) in [4.78, 5) is 28.5. The largest absolute Gasteiger partial charge is 0.356 e. The van der Waals surface area contributed by atoms with Gasteiger partial charge in [-0.3, -0.25) is 14.5 Å². The molecule has 0 aliphatic rings. The van der Waals surface area contributed by atoms with E-state index in [1.165, 1.54) is 0 Å². The quantitative estimate of drug-likeness (QED) is 0.375. The van der Waals surface area contributed by atoms with E-state index in [1.54, 1.807) is 11.9 Å². The Labute approximate surface area is 102 Å². The van der Waals surface area contributed by atoms with Crippen molar-refractivity contribution in [1.82, 2.24) is 15.8 Å². The fourth-order valence-electron chi connectivity index (χ4n) is 1.10. The van der Waals surface area contributed by atoms with Crippen LogP contribution < -0.4 is 16.7 Å². The standard InChI is InChI=1S/C10H22N4O3/c1-8(2)6-12-9(15)7-14(3)5-4-10(16)17-13-11/h8,13H,4-7,11H2,1-3H3,(H,12,15). The molecule has 0 aromatic carbocycles. The molecule has 0 aromatic rings. The smallest absolute Gasteiger partial charge is 0.327 e. The van der Waals surface area contributed by atoms with Gasteiger partial charge in [-0.05, 0) is 13.0 Å². The van der Waals surface area contributed by atoms with Crippen LogP contribution in [-0.2, 0) is 14.4 Å². The van der Waals surface area contributed by atoms with E-state index in [1.807, 2.05) is 19.4 Å². The Bertz CT molecular complexity index is 246. The topological polar surface area (TPSA) is 96.7 Å². The first kappa shape index (κ1) is 15.8. The fourth-order valence-corrected chi connectivity index (χ4v) is 1.10. The minimum Gasteiger partial charge on any atom is -0.356 e. The van der Waals surface area contributed by atoms with E-state index < -0.39 is 5.97 Å². The summed E-state index contributed by atoms with van der Waals surface area (Å²) in [6, 6.07) is 0. The van der Waals surface area contributed by atoms with Crippen molar-refractivity contribution in [2.45, 2.75) is 20.3 Å². The lowest BCUT2D eigenvalue weighted by molar-refractivity contribution is -0.151. The molecule has 0 rings (SSSR count). The summed E-state index contributed by atoms with van der Waals surface area (Å²) in [5.74, 6) is 4.73. The molecule has 100 valence electrons. The minimum atomic E-state index is -0.457. The lowest BCUT2D eigenvalue weighted by atomic mass is 10.2. The molecule has 0 saturated heterocycles. The zero-order valence-electron chi connectivity index (χ0n) is 10.7. The van der Waals surface area contributed by atoms with Crippen LogP contribution in [-0.4, -0.2) is 43.5 Å². The molecule has 17 heavy (non-hydrogen) atoms. The Morgan fingerprint density at radius 1 is 1.41 bits per heavy atom. The maximum absolute atomic E-state index is 11.4. The maximum Gasteiger partial charge on any atom is 0.327 e. The Morgan fingerprint density at radius 2 is 2.06 bits per heavy atom. The van der Waals surface area contributed by atoms with E-state index in [4.69, 9.17) is 5.84 Å². The van der Waals surface area contributed by atoms with Crippen molar-refractivity contribution >= 4 is 11.9 Å². The summed E-state index contributed by atoms with van der Waals surface area (Å²) in [6.07, 6.45) is 0.179. The summed E-state index contributed by atoms with van der Waals surface area (Å²) in [5.41, 5.74) is 1.82. The van der Waals surface area contributed by atoms with Gasteiger partial charge in [0.25, 0.3) is 0 Å². The van der Waals surface area contributed by atoms with Crippen LogP contribution in [0.25, 0.3) is 0 Å². The molecule has 0 radical (unpaired) electrons. The van der Waals surface area contributed by atoms with Gasteiger partial charge in [0.15, 0.2) is 0 Å². The molecular formula is C10H22N4O3. The van der Waals surface area contributed by atoms with Gasteiger partial charge in [0.2, 0.25) is 5.91 Å². The SMILES string of the molecule is CC(C)CNC(=O)CN(C)CCC(=O)ONN. The van der Waals surface area contributed by atoms with Gasteiger partial charge in [-0.1, -0.05) is 19.4 Å². The molecule has 0 aromatic heterocycles. The van der Waals surface area contributed by atoms with Gasteiger partial charge in [0.1, 0.15) is 0 Å². The normalized spacial score (nSPS) is 10.7. The Balaban J connectivity index is 3.67. The number of hydrogen-bond acceptors (Lipinski definition) is 6. The molecular weight excluding hydrogens is 224 g/mol. The summed E-state index contributed by atoms with van der Waals surface area (Å²) >= 11 is 0. The average molecular weight is 246 g/mol. The van der Waals surface area contributed by atoms with Crippen molar-refractivity contribution < 1.29 is 14.4 Å². The van der Waals surface area contributed by atoms with Crippen LogP contribution >= 0.6 is 0 Å². The number of hydrazine groups is 1. The number of likely N-dealkylation sites (N-methyl/N-ethyl adjacent to an activating group) is 1. The maximum atomic E-state index is 11.4. The highest BCUT2D eigenvalue weighted by Gasteiger charge is 2.09. The van der Waals surface area contributed by atoms with E-state index in [0.717, 1.165) is 0 Å². The molecule has 7 heteroatoms.